The van der Waals surface area contributed by atoms with E-state index in [0.29, 0.717) is 24.2 Å². The predicted octanol–water partition coefficient (Wildman–Crippen LogP) is 1.74. The number of rotatable bonds is 3. The van der Waals surface area contributed by atoms with Crippen molar-refractivity contribution in [3.05, 3.63) is 27.8 Å². The molecular weight excluding hydrogens is 326 g/mol. The van der Waals surface area contributed by atoms with Gasteiger partial charge in [0.15, 0.2) is 5.82 Å². The lowest BCUT2D eigenvalue weighted by atomic mass is 9.83. The first-order valence-electron chi connectivity index (χ1n) is 8.16. The van der Waals surface area contributed by atoms with Crippen LogP contribution in [0.1, 0.15) is 33.3 Å². The van der Waals surface area contributed by atoms with E-state index in [-0.39, 0.29) is 11.3 Å². The maximum Gasteiger partial charge on any atom is 0.265 e. The smallest absolute Gasteiger partial charge is 0.265 e. The molecule has 4 heterocycles. The third-order valence-corrected chi connectivity index (χ3v) is 5.99. The Morgan fingerprint density at radius 2 is 2.25 bits per heavy atom. The van der Waals surface area contributed by atoms with Crippen molar-refractivity contribution in [2.45, 2.75) is 27.3 Å². The first kappa shape index (κ1) is 15.7. The van der Waals surface area contributed by atoms with Crippen LogP contribution in [-0.4, -0.2) is 57.0 Å². The molecule has 2 aromatic heterocycles. The molecule has 0 unspecified atom stereocenters. The molecule has 2 aliphatic rings. The maximum atomic E-state index is 12.7. The summed E-state index contributed by atoms with van der Waals surface area (Å²) < 4.78 is 5.23. The SMILES string of the molecule is Cc1noc(CN2C[C@@H]3CN(C(=O)c4cnc(C)s4)C[C@]3(C)C2)n1. The standard InChI is InChI=1S/C16H21N5O2S/c1-10-18-14(23-19-10)7-20-5-12-6-21(9-16(12,3)8-20)15(22)13-4-17-11(2)24-13/h4,12H,5-9H2,1-3H3/t12-,16+/m1/s1. The van der Waals surface area contributed by atoms with Gasteiger partial charge in [-0.3, -0.25) is 9.69 Å². The molecule has 1 amide bonds. The van der Waals surface area contributed by atoms with Crippen molar-refractivity contribution in [1.29, 1.82) is 0 Å². The predicted molar refractivity (Wildman–Crippen MR) is 88.7 cm³/mol. The van der Waals surface area contributed by atoms with Gasteiger partial charge in [0.25, 0.3) is 5.91 Å². The van der Waals surface area contributed by atoms with Crippen LogP contribution in [0.4, 0.5) is 0 Å². The van der Waals surface area contributed by atoms with Gasteiger partial charge in [0.05, 0.1) is 17.7 Å². The highest BCUT2D eigenvalue weighted by molar-refractivity contribution is 7.13. The third-order valence-electron chi connectivity index (χ3n) is 5.09. The van der Waals surface area contributed by atoms with Crippen LogP contribution in [0.25, 0.3) is 0 Å². The lowest BCUT2D eigenvalue weighted by Crippen LogP contribution is -2.35. The van der Waals surface area contributed by atoms with Crippen molar-refractivity contribution in [1.82, 2.24) is 24.9 Å². The number of amides is 1. The minimum Gasteiger partial charge on any atom is -0.338 e. The van der Waals surface area contributed by atoms with Crippen molar-refractivity contribution < 1.29 is 9.32 Å². The lowest BCUT2D eigenvalue weighted by molar-refractivity contribution is 0.0764. The molecule has 0 N–H and O–H groups in total. The van der Waals surface area contributed by atoms with Gasteiger partial charge in [0.1, 0.15) is 4.88 Å². The number of aryl methyl sites for hydroxylation is 2. The minimum atomic E-state index is 0.121. The van der Waals surface area contributed by atoms with Crippen LogP contribution in [0.5, 0.6) is 0 Å². The van der Waals surface area contributed by atoms with E-state index in [1.54, 1.807) is 6.20 Å². The van der Waals surface area contributed by atoms with Crippen molar-refractivity contribution in [2.24, 2.45) is 11.3 Å². The summed E-state index contributed by atoms with van der Waals surface area (Å²) in [6, 6.07) is 0. The number of fused-ring (bicyclic) bond motifs is 1. The normalized spacial score (nSPS) is 27.0. The zero-order valence-corrected chi connectivity index (χ0v) is 15.0. The highest BCUT2D eigenvalue weighted by atomic mass is 32.1. The summed E-state index contributed by atoms with van der Waals surface area (Å²) >= 11 is 1.47. The molecule has 0 spiro atoms. The fourth-order valence-electron chi connectivity index (χ4n) is 3.95. The molecule has 2 fully saturated rings. The molecule has 0 bridgehead atoms. The van der Waals surface area contributed by atoms with Crippen LogP contribution in [0, 0.1) is 25.2 Å². The van der Waals surface area contributed by atoms with Gasteiger partial charge in [-0.1, -0.05) is 12.1 Å². The largest absolute Gasteiger partial charge is 0.338 e. The van der Waals surface area contributed by atoms with E-state index < -0.39 is 0 Å². The molecule has 128 valence electrons. The average Bonchev–Trinajstić information content (AvgIpc) is 3.23. The Morgan fingerprint density at radius 3 is 2.88 bits per heavy atom. The Hall–Kier alpha value is -1.80. The summed E-state index contributed by atoms with van der Waals surface area (Å²) in [5.41, 5.74) is 0.129. The lowest BCUT2D eigenvalue weighted by Gasteiger charge is -2.24. The summed E-state index contributed by atoms with van der Waals surface area (Å²) in [7, 11) is 0. The van der Waals surface area contributed by atoms with Crippen LogP contribution in [0.15, 0.2) is 10.7 Å². The molecule has 2 saturated heterocycles. The molecule has 8 heteroatoms. The molecule has 2 aromatic rings. The number of carbonyl (C=O) groups excluding carboxylic acids is 1. The number of aromatic nitrogens is 3. The Kier molecular flexibility index (Phi) is 3.69. The molecule has 24 heavy (non-hydrogen) atoms. The molecule has 4 rings (SSSR count). The van der Waals surface area contributed by atoms with Crippen LogP contribution in [-0.2, 0) is 6.54 Å². The first-order chi connectivity index (χ1) is 11.4. The van der Waals surface area contributed by atoms with E-state index in [4.69, 9.17) is 4.52 Å². The number of hydrogen-bond donors (Lipinski definition) is 0. The van der Waals surface area contributed by atoms with Gasteiger partial charge in [0, 0.05) is 31.6 Å². The number of carbonyl (C=O) groups is 1. The van der Waals surface area contributed by atoms with Gasteiger partial charge in [-0.05, 0) is 19.8 Å². The molecular formula is C16H21N5O2S. The van der Waals surface area contributed by atoms with E-state index in [1.807, 2.05) is 18.7 Å². The molecule has 0 saturated carbocycles. The summed E-state index contributed by atoms with van der Waals surface area (Å²) in [6.07, 6.45) is 1.70. The second kappa shape index (κ2) is 5.63. The van der Waals surface area contributed by atoms with Gasteiger partial charge >= 0.3 is 0 Å². The average molecular weight is 347 g/mol. The molecule has 7 nitrogen and oxygen atoms in total. The second-order valence-electron chi connectivity index (χ2n) is 7.19. The molecule has 0 radical (unpaired) electrons. The molecule has 2 atom stereocenters. The van der Waals surface area contributed by atoms with Crippen LogP contribution < -0.4 is 0 Å². The first-order valence-corrected chi connectivity index (χ1v) is 8.98. The Bertz CT molecular complexity index is 772. The zero-order valence-electron chi connectivity index (χ0n) is 14.2. The maximum absolute atomic E-state index is 12.7. The monoisotopic (exact) mass is 347 g/mol. The number of hydrogen-bond acceptors (Lipinski definition) is 7. The van der Waals surface area contributed by atoms with E-state index >= 15 is 0 Å². The minimum absolute atomic E-state index is 0.121. The third kappa shape index (κ3) is 2.73. The highest BCUT2D eigenvalue weighted by Crippen LogP contribution is 2.43. The van der Waals surface area contributed by atoms with Gasteiger partial charge in [-0.2, -0.15) is 4.98 Å². The van der Waals surface area contributed by atoms with Crippen LogP contribution in [0.2, 0.25) is 0 Å². The van der Waals surface area contributed by atoms with Crippen molar-refractivity contribution in [2.75, 3.05) is 26.2 Å². The summed E-state index contributed by atoms with van der Waals surface area (Å²) in [5, 5.41) is 4.78. The Labute approximate surface area is 144 Å². The second-order valence-corrected chi connectivity index (χ2v) is 8.42. The Morgan fingerprint density at radius 1 is 1.42 bits per heavy atom. The summed E-state index contributed by atoms with van der Waals surface area (Å²) in [5.74, 6) is 1.95. The van der Waals surface area contributed by atoms with Gasteiger partial charge < -0.3 is 9.42 Å². The van der Waals surface area contributed by atoms with Crippen LogP contribution >= 0.6 is 11.3 Å². The molecule has 2 aliphatic heterocycles. The van der Waals surface area contributed by atoms with Crippen LogP contribution in [0.3, 0.4) is 0 Å². The van der Waals surface area contributed by atoms with Crippen molar-refractivity contribution in [3.63, 3.8) is 0 Å². The Balaban J connectivity index is 1.41. The highest BCUT2D eigenvalue weighted by Gasteiger charge is 2.50. The van der Waals surface area contributed by atoms with E-state index in [1.165, 1.54) is 11.3 Å². The van der Waals surface area contributed by atoms with Crippen molar-refractivity contribution in [3.8, 4) is 0 Å². The fraction of sp³-hybridized carbons (Fsp3) is 0.625. The van der Waals surface area contributed by atoms with Gasteiger partial charge in [-0.15, -0.1) is 11.3 Å². The van der Waals surface area contributed by atoms with Crippen molar-refractivity contribution >= 4 is 17.2 Å². The summed E-state index contributed by atoms with van der Waals surface area (Å²) in [6.45, 7) is 10.2. The molecule has 0 aromatic carbocycles. The van der Waals surface area contributed by atoms with E-state index in [0.717, 1.165) is 36.1 Å². The topological polar surface area (TPSA) is 75.4 Å². The number of thiazole rings is 1. The van der Waals surface area contributed by atoms with E-state index in [2.05, 4.69) is 26.9 Å². The van der Waals surface area contributed by atoms with Gasteiger partial charge in [-0.25, -0.2) is 4.98 Å². The quantitative estimate of drug-likeness (QED) is 0.842. The zero-order chi connectivity index (χ0) is 16.9. The fourth-order valence-corrected chi connectivity index (χ4v) is 4.69. The van der Waals surface area contributed by atoms with Gasteiger partial charge in [0.2, 0.25) is 5.89 Å². The summed E-state index contributed by atoms with van der Waals surface area (Å²) in [4.78, 5) is 26.2. The molecule has 0 aliphatic carbocycles. The number of likely N-dealkylation sites (tertiary alicyclic amines) is 2. The number of nitrogens with zero attached hydrogens (tertiary/aromatic N) is 5. The van der Waals surface area contributed by atoms with E-state index in [9.17, 15) is 4.79 Å².